The van der Waals surface area contributed by atoms with Crippen molar-refractivity contribution in [2.24, 2.45) is 0 Å². The third kappa shape index (κ3) is 1.50. The summed E-state index contributed by atoms with van der Waals surface area (Å²) < 4.78 is 15.5. The molecule has 1 aliphatic rings. The quantitative estimate of drug-likeness (QED) is 0.773. The molecule has 4 heteroatoms. The lowest BCUT2D eigenvalue weighted by Gasteiger charge is -2.36. The zero-order valence-electron chi connectivity index (χ0n) is 9.32. The van der Waals surface area contributed by atoms with Crippen LogP contribution in [0, 0.1) is 11.3 Å². The first-order chi connectivity index (χ1) is 7.75. The Morgan fingerprint density at radius 3 is 2.50 bits per heavy atom. The van der Waals surface area contributed by atoms with E-state index in [0.717, 1.165) is 5.56 Å². The van der Waals surface area contributed by atoms with Gasteiger partial charge in [0.05, 0.1) is 33.5 Å². The molecule has 1 aromatic carbocycles. The van der Waals surface area contributed by atoms with Crippen LogP contribution in [0.15, 0.2) is 18.2 Å². The van der Waals surface area contributed by atoms with Crippen LogP contribution < -0.4 is 9.47 Å². The summed E-state index contributed by atoms with van der Waals surface area (Å²) in [5.41, 5.74) is 0.307. The second-order valence-corrected chi connectivity index (χ2v) is 3.75. The predicted octanol–water partition coefficient (Wildman–Crippen LogP) is 1.50. The van der Waals surface area contributed by atoms with Gasteiger partial charge in [-0.2, -0.15) is 5.26 Å². The van der Waals surface area contributed by atoms with Gasteiger partial charge < -0.3 is 14.2 Å². The molecule has 1 saturated heterocycles. The van der Waals surface area contributed by atoms with Crippen LogP contribution in [-0.4, -0.2) is 27.4 Å². The van der Waals surface area contributed by atoms with Gasteiger partial charge in [-0.1, -0.05) is 0 Å². The third-order valence-electron chi connectivity index (χ3n) is 2.84. The molecule has 0 saturated carbocycles. The maximum Gasteiger partial charge on any atom is 0.132 e. The van der Waals surface area contributed by atoms with Crippen LogP contribution >= 0.6 is 0 Å². The number of ether oxygens (including phenoxy) is 3. The van der Waals surface area contributed by atoms with Crippen molar-refractivity contribution in [3.63, 3.8) is 0 Å². The minimum atomic E-state index is -0.558. The highest BCUT2D eigenvalue weighted by Gasteiger charge is 2.43. The Hall–Kier alpha value is -1.73. The summed E-state index contributed by atoms with van der Waals surface area (Å²) in [7, 11) is 3.18. The fraction of sp³-hybridized carbons (Fsp3) is 0.417. The van der Waals surface area contributed by atoms with Crippen LogP contribution in [0.25, 0.3) is 0 Å². The van der Waals surface area contributed by atoms with E-state index in [1.165, 1.54) is 0 Å². The van der Waals surface area contributed by atoms with Gasteiger partial charge in [-0.05, 0) is 12.1 Å². The Labute approximate surface area is 94.3 Å². The second kappa shape index (κ2) is 4.03. The largest absolute Gasteiger partial charge is 0.497 e. The standard InChI is InChI=1S/C12H13NO3/c1-14-9-3-4-10(11(5-9)15-2)12(6-13)7-16-8-12/h3-5H,7-8H2,1-2H3. The van der Waals surface area contributed by atoms with Gasteiger partial charge in [0.1, 0.15) is 16.9 Å². The van der Waals surface area contributed by atoms with Gasteiger partial charge in [0.25, 0.3) is 0 Å². The molecule has 0 atom stereocenters. The minimum absolute atomic E-state index is 0.423. The van der Waals surface area contributed by atoms with E-state index in [1.54, 1.807) is 20.3 Å². The average molecular weight is 219 g/mol. The maximum atomic E-state index is 9.22. The van der Waals surface area contributed by atoms with Gasteiger partial charge in [-0.3, -0.25) is 0 Å². The molecule has 1 fully saturated rings. The number of nitrogens with zero attached hydrogens (tertiary/aromatic N) is 1. The Balaban J connectivity index is 2.45. The highest BCUT2D eigenvalue weighted by atomic mass is 16.5. The molecule has 4 nitrogen and oxygen atoms in total. The molecule has 1 aromatic rings. The Morgan fingerprint density at radius 2 is 2.06 bits per heavy atom. The van der Waals surface area contributed by atoms with E-state index in [-0.39, 0.29) is 0 Å². The van der Waals surface area contributed by atoms with Gasteiger partial charge in [0.15, 0.2) is 0 Å². The normalized spacial score (nSPS) is 17.1. The summed E-state index contributed by atoms with van der Waals surface area (Å²) in [6.45, 7) is 0.846. The first kappa shape index (κ1) is 10.8. The molecule has 16 heavy (non-hydrogen) atoms. The Morgan fingerprint density at radius 1 is 1.31 bits per heavy atom. The summed E-state index contributed by atoms with van der Waals surface area (Å²) in [5, 5.41) is 9.22. The highest BCUT2D eigenvalue weighted by molar-refractivity contribution is 5.49. The van der Waals surface area contributed by atoms with E-state index in [9.17, 15) is 5.26 Å². The number of benzene rings is 1. The van der Waals surface area contributed by atoms with Crippen LogP contribution in [0.3, 0.4) is 0 Å². The van der Waals surface area contributed by atoms with Crippen molar-refractivity contribution in [2.75, 3.05) is 27.4 Å². The van der Waals surface area contributed by atoms with Gasteiger partial charge in [-0.25, -0.2) is 0 Å². The van der Waals surface area contributed by atoms with Crippen LogP contribution in [0.1, 0.15) is 5.56 Å². The van der Waals surface area contributed by atoms with Crippen LogP contribution in [0.2, 0.25) is 0 Å². The molecule has 0 bridgehead atoms. The van der Waals surface area contributed by atoms with Crippen LogP contribution in [-0.2, 0) is 10.2 Å². The first-order valence-electron chi connectivity index (χ1n) is 4.97. The van der Waals surface area contributed by atoms with Crippen molar-refractivity contribution in [3.8, 4) is 17.6 Å². The molecule has 0 unspecified atom stereocenters. The lowest BCUT2D eigenvalue weighted by Crippen LogP contribution is -2.45. The molecule has 1 aliphatic heterocycles. The fourth-order valence-electron chi connectivity index (χ4n) is 1.78. The predicted molar refractivity (Wildman–Crippen MR) is 57.7 cm³/mol. The molecule has 0 N–H and O–H groups in total. The molecule has 2 rings (SSSR count). The molecule has 84 valence electrons. The number of hydrogen-bond acceptors (Lipinski definition) is 4. The van der Waals surface area contributed by atoms with Crippen LogP contribution in [0.4, 0.5) is 0 Å². The van der Waals surface area contributed by atoms with Crippen molar-refractivity contribution < 1.29 is 14.2 Å². The van der Waals surface area contributed by atoms with Crippen molar-refractivity contribution in [2.45, 2.75) is 5.41 Å². The highest BCUT2D eigenvalue weighted by Crippen LogP contribution is 2.39. The molecular weight excluding hydrogens is 206 g/mol. The summed E-state index contributed by atoms with van der Waals surface area (Å²) in [4.78, 5) is 0. The second-order valence-electron chi connectivity index (χ2n) is 3.75. The van der Waals surface area contributed by atoms with Gasteiger partial charge in [0.2, 0.25) is 0 Å². The van der Waals surface area contributed by atoms with E-state index in [0.29, 0.717) is 24.7 Å². The molecule has 0 amide bonds. The number of rotatable bonds is 3. The van der Waals surface area contributed by atoms with Gasteiger partial charge >= 0.3 is 0 Å². The summed E-state index contributed by atoms with van der Waals surface area (Å²) in [5.74, 6) is 1.39. The van der Waals surface area contributed by atoms with E-state index in [2.05, 4.69) is 6.07 Å². The fourth-order valence-corrected chi connectivity index (χ4v) is 1.78. The monoisotopic (exact) mass is 219 g/mol. The molecular formula is C12H13NO3. The molecule has 0 radical (unpaired) electrons. The minimum Gasteiger partial charge on any atom is -0.497 e. The summed E-state index contributed by atoms with van der Waals surface area (Å²) >= 11 is 0. The lowest BCUT2D eigenvalue weighted by molar-refractivity contribution is -0.0307. The maximum absolute atomic E-state index is 9.22. The third-order valence-corrected chi connectivity index (χ3v) is 2.84. The van der Waals surface area contributed by atoms with Crippen LogP contribution in [0.5, 0.6) is 11.5 Å². The van der Waals surface area contributed by atoms with E-state index >= 15 is 0 Å². The summed E-state index contributed by atoms with van der Waals surface area (Å²) in [6, 6.07) is 7.78. The smallest absolute Gasteiger partial charge is 0.132 e. The van der Waals surface area contributed by atoms with Gasteiger partial charge in [-0.15, -0.1) is 0 Å². The topological polar surface area (TPSA) is 51.5 Å². The molecule has 0 spiro atoms. The summed E-state index contributed by atoms with van der Waals surface area (Å²) in [6.07, 6.45) is 0. The zero-order valence-corrected chi connectivity index (χ0v) is 9.32. The zero-order chi connectivity index (χ0) is 11.6. The van der Waals surface area contributed by atoms with E-state index < -0.39 is 5.41 Å². The molecule has 1 heterocycles. The Bertz CT molecular complexity index is 432. The lowest BCUT2D eigenvalue weighted by atomic mass is 9.79. The van der Waals surface area contributed by atoms with Crippen molar-refractivity contribution in [1.82, 2.24) is 0 Å². The van der Waals surface area contributed by atoms with E-state index in [4.69, 9.17) is 14.2 Å². The number of hydrogen-bond donors (Lipinski definition) is 0. The SMILES string of the molecule is COc1ccc(C2(C#N)COC2)c(OC)c1. The van der Waals surface area contributed by atoms with Crippen molar-refractivity contribution in [3.05, 3.63) is 23.8 Å². The van der Waals surface area contributed by atoms with Crippen molar-refractivity contribution >= 4 is 0 Å². The van der Waals surface area contributed by atoms with Gasteiger partial charge in [0, 0.05) is 11.6 Å². The molecule has 0 aliphatic carbocycles. The average Bonchev–Trinajstić information content (AvgIpc) is 2.28. The van der Waals surface area contributed by atoms with Crippen molar-refractivity contribution in [1.29, 1.82) is 5.26 Å². The molecule has 0 aromatic heterocycles. The Kier molecular flexibility index (Phi) is 2.71. The number of nitriles is 1. The number of methoxy groups -OCH3 is 2. The van der Waals surface area contributed by atoms with E-state index in [1.807, 2.05) is 12.1 Å². The first-order valence-corrected chi connectivity index (χ1v) is 4.97.